The Kier molecular flexibility index (Phi) is 13.4. The van der Waals surface area contributed by atoms with Crippen LogP contribution < -0.4 is 13.8 Å². The van der Waals surface area contributed by atoms with Gasteiger partial charge in [0.2, 0.25) is 8.32 Å². The van der Waals surface area contributed by atoms with Crippen LogP contribution in [-0.2, 0) is 30.6 Å². The number of nitrogens with zero attached hydrogens (tertiary/aromatic N) is 2. The van der Waals surface area contributed by atoms with E-state index in [-0.39, 0.29) is 41.9 Å². The van der Waals surface area contributed by atoms with Gasteiger partial charge in [0.05, 0.1) is 37.6 Å². The van der Waals surface area contributed by atoms with Gasteiger partial charge >= 0.3 is 21.7 Å². The number of hydrogen-bond acceptors (Lipinski definition) is 9. The van der Waals surface area contributed by atoms with Gasteiger partial charge < -0.3 is 37.7 Å². The Hall–Kier alpha value is -3.05. The highest BCUT2D eigenvalue weighted by atomic mass is 32.2. The van der Waals surface area contributed by atoms with E-state index >= 15 is 0 Å². The van der Waals surface area contributed by atoms with Crippen molar-refractivity contribution in [2.24, 2.45) is 0 Å². The maximum Gasteiger partial charge on any atom is 0.534 e. The van der Waals surface area contributed by atoms with Gasteiger partial charge in [-0.2, -0.15) is 21.6 Å². The van der Waals surface area contributed by atoms with E-state index in [0.29, 0.717) is 19.8 Å². The first-order chi connectivity index (χ1) is 23.9. The number of hydrogen-bond donors (Lipinski definition) is 1. The van der Waals surface area contributed by atoms with E-state index in [1.807, 2.05) is 18.2 Å². The summed E-state index contributed by atoms with van der Waals surface area (Å²) in [6.45, 7) is 14.7. The van der Waals surface area contributed by atoms with Crippen molar-refractivity contribution < 1.29 is 54.3 Å². The van der Waals surface area contributed by atoms with Crippen LogP contribution >= 0.6 is 0 Å². The van der Waals surface area contributed by atoms with E-state index < -0.39 is 53.9 Å². The Labute approximate surface area is 300 Å². The number of likely N-dealkylation sites (tertiary alicyclic amines) is 1. The van der Waals surface area contributed by atoms with Gasteiger partial charge in [0.1, 0.15) is 18.1 Å². The molecule has 2 aromatic carbocycles. The van der Waals surface area contributed by atoms with Crippen LogP contribution in [0.15, 0.2) is 42.5 Å². The normalized spacial score (nSPS) is 20.1. The third kappa shape index (κ3) is 9.13. The molecule has 1 saturated heterocycles. The molecule has 1 fully saturated rings. The minimum absolute atomic E-state index is 0.0194. The molecule has 0 aromatic heterocycles. The zero-order chi connectivity index (χ0) is 37.7. The van der Waals surface area contributed by atoms with Crippen LogP contribution in [0, 0.1) is 0 Å². The van der Waals surface area contributed by atoms with Gasteiger partial charge in [-0.3, -0.25) is 0 Å². The quantitative estimate of drug-likeness (QED) is 0.0852. The predicted octanol–water partition coefficient (Wildman–Crippen LogP) is 7.37. The number of halogens is 3. The van der Waals surface area contributed by atoms with Gasteiger partial charge in [-0.05, 0) is 46.8 Å². The second-order valence-corrected chi connectivity index (χ2v) is 21.0. The Bertz CT molecular complexity index is 1570. The summed E-state index contributed by atoms with van der Waals surface area (Å²) in [5.41, 5.74) is -3.66. The monoisotopic (exact) mass is 760 g/mol. The average Bonchev–Trinajstić information content (AvgIpc) is 3.05. The van der Waals surface area contributed by atoms with Crippen molar-refractivity contribution in [2.45, 2.75) is 94.8 Å². The first kappa shape index (κ1) is 40.7. The molecule has 4 rings (SSSR count). The summed E-state index contributed by atoms with van der Waals surface area (Å²) >= 11 is 0. The average molecular weight is 761 g/mol. The molecule has 1 N–H and O–H groups in total. The van der Waals surface area contributed by atoms with Crippen molar-refractivity contribution in [3.05, 3.63) is 53.6 Å². The molecule has 51 heavy (non-hydrogen) atoms. The third-order valence-electron chi connectivity index (χ3n) is 9.92. The number of ether oxygens (including phenoxy) is 3. The molecular formula is C35H51F3N2O9SSi. The highest BCUT2D eigenvalue weighted by Crippen LogP contribution is 2.47. The molecule has 0 spiro atoms. The first-order valence-corrected chi connectivity index (χ1v) is 20.8. The highest BCUT2D eigenvalue weighted by molar-refractivity contribution is 7.88. The van der Waals surface area contributed by atoms with Gasteiger partial charge in [-0.15, -0.1) is 0 Å². The van der Waals surface area contributed by atoms with Gasteiger partial charge in [0, 0.05) is 38.3 Å². The lowest BCUT2D eigenvalue weighted by molar-refractivity contribution is -0.0636. The van der Waals surface area contributed by atoms with Crippen molar-refractivity contribution in [3.63, 3.8) is 0 Å². The molecule has 286 valence electrons. The Morgan fingerprint density at radius 3 is 2.27 bits per heavy atom. The minimum atomic E-state index is -6.03. The van der Waals surface area contributed by atoms with Crippen LogP contribution in [-0.4, -0.2) is 97.1 Å². The molecule has 0 radical (unpaired) electrons. The topological polar surface area (TPSA) is 124 Å². The number of alkyl halides is 3. The van der Waals surface area contributed by atoms with Crippen LogP contribution in [0.3, 0.4) is 0 Å². The zero-order valence-corrected chi connectivity index (χ0v) is 32.1. The van der Waals surface area contributed by atoms with Crippen LogP contribution in [0.2, 0.25) is 16.6 Å². The summed E-state index contributed by atoms with van der Waals surface area (Å²) in [7, 11) is -7.12. The fraction of sp³-hybridized carbons (Fsp3) is 0.629. The van der Waals surface area contributed by atoms with E-state index in [2.05, 4.69) is 46.4 Å². The number of fused-ring (bicyclic) bond motifs is 1. The second-order valence-electron chi connectivity index (χ2n) is 14.0. The summed E-state index contributed by atoms with van der Waals surface area (Å²) in [5, 5.41) is 10.3. The number of methoxy groups -OCH3 is 1. The minimum Gasteiger partial charge on any atom is -0.490 e. The van der Waals surface area contributed by atoms with Crippen molar-refractivity contribution in [1.82, 2.24) is 4.90 Å². The lowest BCUT2D eigenvalue weighted by Gasteiger charge is -2.50. The molecule has 11 nitrogen and oxygen atoms in total. The molecule has 0 aliphatic carbocycles. The van der Waals surface area contributed by atoms with E-state index in [9.17, 15) is 31.5 Å². The van der Waals surface area contributed by atoms with E-state index in [4.69, 9.17) is 22.8 Å². The van der Waals surface area contributed by atoms with Gasteiger partial charge in [-0.1, -0.05) is 65.8 Å². The molecule has 16 heteroatoms. The standard InChI is InChI=1S/C35H51F3N2O9SSi/c1-23(2)51(24(3)4,25(5)6)49-32-21-40(34(41)42)20-31(33(32)27-11-8-9-12-29(27)48-50(43,44)35(36,37)38)47-22-26-13-14-30-28(19-26)39(16-18-46-30)15-10-17-45-7/h8-9,11-14,19,23-25,31-33H,10,15-18,20-22H2,1-7H3,(H,41,42)/t31-,32+,33-/m1/s1. The SMILES string of the molecule is COCCCN1CCOc2ccc(CO[C@@H]3CN(C(=O)O)C[C@H](O[Si](C(C)C)(C(C)C)C(C)C)[C@@H]3c3ccccc3OS(=O)(=O)C(F)(F)F)cc21. The van der Waals surface area contributed by atoms with Gasteiger partial charge in [-0.25, -0.2) is 4.79 Å². The molecule has 2 aliphatic heterocycles. The molecule has 0 saturated carbocycles. The summed E-state index contributed by atoms with van der Waals surface area (Å²) in [5.74, 6) is -0.693. The zero-order valence-electron chi connectivity index (χ0n) is 30.3. The summed E-state index contributed by atoms with van der Waals surface area (Å²) < 4.78 is 94.9. The van der Waals surface area contributed by atoms with Gasteiger partial charge in [0.25, 0.3) is 0 Å². The lowest BCUT2D eigenvalue weighted by atomic mass is 9.84. The summed E-state index contributed by atoms with van der Waals surface area (Å²) in [6, 6.07) is 11.3. The number of carbonyl (C=O) groups is 1. The van der Waals surface area contributed by atoms with E-state index in [0.717, 1.165) is 36.0 Å². The molecule has 2 aliphatic rings. The van der Waals surface area contributed by atoms with Crippen LogP contribution in [0.1, 0.15) is 65.0 Å². The molecule has 0 bridgehead atoms. The Morgan fingerprint density at radius 1 is 1.02 bits per heavy atom. The van der Waals surface area contributed by atoms with Crippen LogP contribution in [0.4, 0.5) is 23.7 Å². The number of anilines is 1. The number of para-hydroxylation sites is 1. The number of carboxylic acid groups (broad SMARTS) is 1. The number of amides is 1. The van der Waals surface area contributed by atoms with Crippen molar-refractivity contribution in [1.29, 1.82) is 0 Å². The number of benzene rings is 2. The highest BCUT2D eigenvalue weighted by Gasteiger charge is 2.52. The van der Waals surface area contributed by atoms with Crippen molar-refractivity contribution in [2.75, 3.05) is 51.4 Å². The fourth-order valence-electron chi connectivity index (χ4n) is 7.71. The van der Waals surface area contributed by atoms with E-state index in [1.54, 1.807) is 13.2 Å². The smallest absolute Gasteiger partial charge is 0.490 e. The summed E-state index contributed by atoms with van der Waals surface area (Å²) in [4.78, 5) is 16.0. The summed E-state index contributed by atoms with van der Waals surface area (Å²) in [6.07, 6.45) is -2.25. The van der Waals surface area contributed by atoms with E-state index in [1.165, 1.54) is 17.0 Å². The molecule has 2 heterocycles. The fourth-order valence-corrected chi connectivity index (χ4v) is 13.8. The molecule has 1 amide bonds. The maximum atomic E-state index is 13.6. The Morgan fingerprint density at radius 2 is 1.67 bits per heavy atom. The van der Waals surface area contributed by atoms with Crippen molar-refractivity contribution in [3.8, 4) is 11.5 Å². The van der Waals surface area contributed by atoms with Crippen LogP contribution in [0.5, 0.6) is 11.5 Å². The maximum absolute atomic E-state index is 13.6. The largest absolute Gasteiger partial charge is 0.534 e. The molecule has 2 aromatic rings. The molecular weight excluding hydrogens is 710 g/mol. The lowest BCUT2D eigenvalue weighted by Crippen LogP contribution is -2.59. The number of piperidine rings is 1. The Balaban J connectivity index is 1.79. The third-order valence-corrected chi connectivity index (χ3v) is 17.0. The molecule has 0 unspecified atom stereocenters. The molecule has 3 atom stereocenters. The predicted molar refractivity (Wildman–Crippen MR) is 190 cm³/mol. The second kappa shape index (κ2) is 16.7. The van der Waals surface area contributed by atoms with Crippen LogP contribution in [0.25, 0.3) is 0 Å². The number of rotatable bonds is 15. The van der Waals surface area contributed by atoms with Gasteiger partial charge in [0.15, 0.2) is 0 Å². The van der Waals surface area contributed by atoms with Crippen molar-refractivity contribution >= 4 is 30.2 Å². The first-order valence-electron chi connectivity index (χ1n) is 17.3.